The van der Waals surface area contributed by atoms with Crippen molar-refractivity contribution in [1.29, 1.82) is 0 Å². The van der Waals surface area contributed by atoms with Gasteiger partial charge in [-0.2, -0.15) is 10.2 Å². The highest BCUT2D eigenvalue weighted by Gasteiger charge is 2.40. The van der Waals surface area contributed by atoms with Crippen LogP contribution in [0.3, 0.4) is 0 Å². The minimum atomic E-state index is -2.70. The number of aryl methyl sites for hydroxylation is 1. The maximum absolute atomic E-state index is 14.3. The standard InChI is InChI=1S/C44H51F2N11O5/c1-52-40-28(4-2-6-35(40)57(44(52)60)36-11-12-38(58)50-43(36)59)5-3-19-61-32-13-16-53(17-14-32)23-27-7-9-30(10-8-27)56-25-34(39(51-56)41(45)46)47-21-29-22-48-55-18-15-37(49-42(29)55)54-24-33-20-31(54)26-62-33/h2,4,6,15,18,22,25,27,30-33,36,41,47H,7-14,16-17,19-21,23-24,26H2,1H3,(H,50,58,59)/t27-,30+,31-,33-,36?/m1/s1. The van der Waals surface area contributed by atoms with E-state index in [2.05, 4.69) is 42.5 Å². The number of hydrogen-bond acceptors (Lipinski definition) is 11. The molecule has 4 aliphatic heterocycles. The maximum atomic E-state index is 14.3. The molecule has 16 nitrogen and oxygen atoms in total. The van der Waals surface area contributed by atoms with E-state index < -0.39 is 18.4 Å². The van der Waals surface area contributed by atoms with Gasteiger partial charge in [-0.15, -0.1) is 0 Å². The molecule has 2 N–H and O–H groups in total. The van der Waals surface area contributed by atoms with E-state index in [4.69, 9.17) is 14.5 Å². The number of fused-ring (bicyclic) bond motifs is 4. The SMILES string of the molecule is Cn1c(=O)n(C2CCC(=O)NC2=O)c2cccc(C#CCOC3CCN(C[C@H]4CC[C@@H](n5cc(NCc6cnn7ccc(N8C[C@H]9C[C@@H]8CO9)nc67)c(C(F)F)n5)CC4)CC3)c21. The molecular weight excluding hydrogens is 801 g/mol. The highest BCUT2D eigenvalue weighted by atomic mass is 19.3. The lowest BCUT2D eigenvalue weighted by molar-refractivity contribution is -0.135. The summed E-state index contributed by atoms with van der Waals surface area (Å²) >= 11 is 0. The van der Waals surface area contributed by atoms with Crippen LogP contribution < -0.4 is 21.2 Å². The molecule has 2 amide bonds. The zero-order chi connectivity index (χ0) is 42.5. The third-order valence-corrected chi connectivity index (χ3v) is 13.5. The van der Waals surface area contributed by atoms with Crippen LogP contribution in [-0.4, -0.2) is 108 Å². The molecule has 5 fully saturated rings. The number of morpholine rings is 1. The van der Waals surface area contributed by atoms with Crippen molar-refractivity contribution in [2.24, 2.45) is 13.0 Å². The first-order chi connectivity index (χ1) is 30.2. The molecule has 0 radical (unpaired) electrons. The minimum absolute atomic E-state index is 0.0719. The summed E-state index contributed by atoms with van der Waals surface area (Å²) in [5.41, 5.74) is 3.23. The number of aromatic nitrogens is 7. The Kier molecular flexibility index (Phi) is 11.0. The molecule has 1 aliphatic carbocycles. The van der Waals surface area contributed by atoms with E-state index in [1.54, 1.807) is 34.7 Å². The third-order valence-electron chi connectivity index (χ3n) is 13.5. The van der Waals surface area contributed by atoms with Crippen LogP contribution >= 0.6 is 0 Å². The fraction of sp³-hybridized carbons (Fsp3) is 0.545. The van der Waals surface area contributed by atoms with Crippen molar-refractivity contribution < 1.29 is 27.8 Å². The number of imidazole rings is 1. The number of nitrogens with one attached hydrogen (secondary N) is 2. The van der Waals surface area contributed by atoms with Crippen LogP contribution in [0.4, 0.5) is 20.3 Å². The van der Waals surface area contributed by atoms with Crippen molar-refractivity contribution in [3.63, 3.8) is 0 Å². The van der Waals surface area contributed by atoms with E-state index >= 15 is 0 Å². The Bertz CT molecular complexity index is 2610. The quantitative estimate of drug-likeness (QED) is 0.144. The Morgan fingerprint density at radius 1 is 1.05 bits per heavy atom. The Morgan fingerprint density at radius 2 is 1.89 bits per heavy atom. The number of carbonyl (C=O) groups is 2. The van der Waals surface area contributed by atoms with Gasteiger partial charge in [-0.05, 0) is 75.5 Å². The molecule has 62 heavy (non-hydrogen) atoms. The summed E-state index contributed by atoms with van der Waals surface area (Å²) in [6.45, 7) is 4.99. The zero-order valence-corrected chi connectivity index (χ0v) is 34.7. The molecular formula is C44H51F2N11O5. The number of alkyl halides is 2. The van der Waals surface area contributed by atoms with Crippen molar-refractivity contribution in [1.82, 2.24) is 43.7 Å². The molecule has 3 atom stereocenters. The van der Waals surface area contributed by atoms with Crippen LogP contribution in [0.25, 0.3) is 16.7 Å². The summed E-state index contributed by atoms with van der Waals surface area (Å²) in [5, 5.41) is 14.4. The van der Waals surface area contributed by atoms with E-state index in [9.17, 15) is 23.2 Å². The molecule has 0 spiro atoms. The van der Waals surface area contributed by atoms with Gasteiger partial charge in [0.05, 0.1) is 59.4 Å². The number of carbonyl (C=O) groups excluding carboxylic acids is 2. The van der Waals surface area contributed by atoms with Crippen molar-refractivity contribution >= 4 is 40.0 Å². The number of likely N-dealkylation sites (tertiary alicyclic amines) is 1. The van der Waals surface area contributed by atoms with Crippen molar-refractivity contribution in [3.05, 3.63) is 70.2 Å². The molecule has 8 heterocycles. The van der Waals surface area contributed by atoms with Crippen molar-refractivity contribution in [2.75, 3.05) is 49.6 Å². The number of amides is 2. The van der Waals surface area contributed by atoms with E-state index in [0.29, 0.717) is 53.0 Å². The van der Waals surface area contributed by atoms with E-state index in [0.717, 1.165) is 82.5 Å². The molecule has 4 saturated heterocycles. The lowest BCUT2D eigenvalue weighted by Crippen LogP contribution is -2.44. The predicted octanol–water partition coefficient (Wildman–Crippen LogP) is 4.35. The molecule has 5 aliphatic rings. The first-order valence-electron chi connectivity index (χ1n) is 21.9. The first kappa shape index (κ1) is 40.4. The fourth-order valence-corrected chi connectivity index (χ4v) is 10.2. The number of nitrogens with zero attached hydrogens (tertiary/aromatic N) is 9. The van der Waals surface area contributed by atoms with Gasteiger partial charge in [-0.1, -0.05) is 17.9 Å². The zero-order valence-electron chi connectivity index (χ0n) is 34.7. The summed E-state index contributed by atoms with van der Waals surface area (Å²) in [6.07, 6.45) is 10.1. The fourth-order valence-electron chi connectivity index (χ4n) is 10.2. The molecule has 1 unspecified atom stereocenters. The smallest absolute Gasteiger partial charge is 0.329 e. The average molecular weight is 852 g/mol. The van der Waals surface area contributed by atoms with E-state index in [1.807, 2.05) is 24.4 Å². The van der Waals surface area contributed by atoms with Gasteiger partial charge in [0, 0.05) is 64.1 Å². The number of rotatable bonds is 11. The number of halogens is 2. The lowest BCUT2D eigenvalue weighted by atomic mass is 9.85. The molecule has 326 valence electrons. The number of benzene rings is 1. The molecule has 2 bridgehead atoms. The van der Waals surface area contributed by atoms with Gasteiger partial charge in [-0.3, -0.25) is 28.7 Å². The van der Waals surface area contributed by atoms with Gasteiger partial charge in [0.2, 0.25) is 11.8 Å². The molecule has 10 rings (SSSR count). The van der Waals surface area contributed by atoms with Crippen molar-refractivity contribution in [2.45, 2.75) is 101 Å². The largest absolute Gasteiger partial charge is 0.378 e. The Morgan fingerprint density at radius 3 is 2.65 bits per heavy atom. The maximum Gasteiger partial charge on any atom is 0.329 e. The van der Waals surface area contributed by atoms with E-state index in [-0.39, 0.29) is 55.0 Å². The Balaban J connectivity index is 0.690. The second kappa shape index (κ2) is 16.9. The normalized spacial score (nSPS) is 24.6. The summed E-state index contributed by atoms with van der Waals surface area (Å²) in [7, 11) is 1.67. The Labute approximate surface area is 356 Å². The lowest BCUT2D eigenvalue weighted by Gasteiger charge is -2.36. The van der Waals surface area contributed by atoms with Gasteiger partial charge in [0.25, 0.3) is 6.43 Å². The second-order valence-corrected chi connectivity index (χ2v) is 17.4. The van der Waals surface area contributed by atoms with Gasteiger partial charge in [0.15, 0.2) is 11.3 Å². The monoisotopic (exact) mass is 851 g/mol. The number of imide groups is 1. The second-order valence-electron chi connectivity index (χ2n) is 17.4. The van der Waals surface area contributed by atoms with Crippen LogP contribution in [0.1, 0.15) is 93.1 Å². The number of ether oxygens (including phenoxy) is 2. The number of para-hydroxylation sites is 1. The van der Waals surface area contributed by atoms with Gasteiger partial charge >= 0.3 is 5.69 Å². The average Bonchev–Trinajstić information content (AvgIpc) is 4.13. The number of anilines is 2. The molecule has 18 heteroatoms. The first-order valence-corrected chi connectivity index (χ1v) is 21.9. The summed E-state index contributed by atoms with van der Waals surface area (Å²) in [4.78, 5) is 47.2. The summed E-state index contributed by atoms with van der Waals surface area (Å²) < 4.78 is 46.9. The summed E-state index contributed by atoms with van der Waals surface area (Å²) in [6, 6.07) is 7.09. The van der Waals surface area contributed by atoms with Crippen LogP contribution in [0, 0.1) is 17.8 Å². The number of piperidine rings is 2. The minimum Gasteiger partial charge on any atom is -0.378 e. The molecule has 1 aromatic carbocycles. The van der Waals surface area contributed by atoms with Crippen LogP contribution in [0.2, 0.25) is 0 Å². The molecule has 4 aromatic heterocycles. The number of hydrogen-bond donors (Lipinski definition) is 2. The third kappa shape index (κ3) is 7.86. The summed E-state index contributed by atoms with van der Waals surface area (Å²) in [5.74, 6) is 6.94. The predicted molar refractivity (Wildman–Crippen MR) is 225 cm³/mol. The highest BCUT2D eigenvalue weighted by Crippen LogP contribution is 2.36. The van der Waals surface area contributed by atoms with Crippen LogP contribution in [0.15, 0.2) is 47.7 Å². The van der Waals surface area contributed by atoms with Gasteiger partial charge in [0.1, 0.15) is 18.5 Å². The van der Waals surface area contributed by atoms with Crippen LogP contribution in [-0.2, 0) is 32.7 Å². The molecule has 5 aromatic rings. The highest BCUT2D eigenvalue weighted by molar-refractivity contribution is 6.00. The van der Waals surface area contributed by atoms with Gasteiger partial charge in [-0.25, -0.2) is 23.1 Å². The topological polar surface area (TPSA) is 158 Å². The Hall–Kier alpha value is -5.64. The van der Waals surface area contributed by atoms with Crippen molar-refractivity contribution in [3.8, 4) is 11.8 Å². The van der Waals surface area contributed by atoms with Crippen LogP contribution in [0.5, 0.6) is 0 Å². The van der Waals surface area contributed by atoms with E-state index in [1.165, 1.54) is 9.13 Å². The molecule has 1 saturated carbocycles. The van der Waals surface area contributed by atoms with Gasteiger partial charge < -0.3 is 24.6 Å².